The lowest BCUT2D eigenvalue weighted by Crippen LogP contribution is -2.19. The van der Waals surface area contributed by atoms with Crippen molar-refractivity contribution in [1.82, 2.24) is 9.97 Å². The minimum absolute atomic E-state index is 0.114. The fourth-order valence-electron chi connectivity index (χ4n) is 1.79. The summed E-state index contributed by atoms with van der Waals surface area (Å²) in [5, 5.41) is 0. The Morgan fingerprint density at radius 2 is 1.95 bits per heavy atom. The zero-order valence-corrected chi connectivity index (χ0v) is 12.9. The van der Waals surface area contributed by atoms with E-state index < -0.39 is 0 Å². The highest BCUT2D eigenvalue weighted by Crippen LogP contribution is 2.16. The quantitative estimate of drug-likeness (QED) is 0.841. The van der Waals surface area contributed by atoms with E-state index in [1.807, 2.05) is 36.4 Å². The summed E-state index contributed by atoms with van der Waals surface area (Å²) < 4.78 is 13.5. The van der Waals surface area contributed by atoms with E-state index in [1.54, 1.807) is 12.1 Å². The molecule has 0 spiro atoms. The van der Waals surface area contributed by atoms with E-state index in [9.17, 15) is 9.18 Å². The van der Waals surface area contributed by atoms with Crippen molar-refractivity contribution in [1.29, 1.82) is 0 Å². The molecule has 2 aromatic rings. The average Bonchev–Trinajstić information content (AvgIpc) is 2.36. The molecular weight excluding hydrogens is 358 g/mol. The van der Waals surface area contributed by atoms with Crippen LogP contribution in [-0.4, -0.2) is 9.97 Å². The third-order valence-electron chi connectivity index (χ3n) is 2.77. The van der Waals surface area contributed by atoms with Gasteiger partial charge >= 0.3 is 0 Å². The van der Waals surface area contributed by atoms with Crippen LogP contribution >= 0.6 is 22.6 Å². The number of aromatic amines is 1. The smallest absolute Gasteiger partial charge is 0.264 e. The number of benzene rings is 1. The lowest BCUT2D eigenvalue weighted by molar-refractivity contribution is 0.627. The van der Waals surface area contributed by atoms with Gasteiger partial charge in [-0.15, -0.1) is 0 Å². The molecule has 0 amide bonds. The van der Waals surface area contributed by atoms with Gasteiger partial charge < -0.3 is 4.98 Å². The number of nitrogens with zero attached hydrogens (tertiary/aromatic N) is 1. The molecule has 0 unspecified atom stereocenters. The van der Waals surface area contributed by atoms with E-state index in [4.69, 9.17) is 0 Å². The van der Waals surface area contributed by atoms with Crippen LogP contribution in [0.1, 0.15) is 36.8 Å². The lowest BCUT2D eigenvalue weighted by atomic mass is 10.1. The number of hydrogen-bond acceptors (Lipinski definition) is 2. The van der Waals surface area contributed by atoms with E-state index in [1.165, 1.54) is 12.1 Å². The van der Waals surface area contributed by atoms with Gasteiger partial charge in [-0.05, 0) is 46.2 Å². The van der Waals surface area contributed by atoms with Gasteiger partial charge in [-0.1, -0.05) is 26.0 Å². The fraction of sp³-hybridized carbons (Fsp3) is 0.286. The molecular formula is C14H14FIN2O. The van der Waals surface area contributed by atoms with Gasteiger partial charge in [0.1, 0.15) is 11.6 Å². The molecule has 1 N–H and O–H groups in total. The number of halogens is 2. The Hall–Kier alpha value is -1.24. The minimum Gasteiger partial charge on any atom is -0.309 e. The first-order valence-corrected chi connectivity index (χ1v) is 7.08. The van der Waals surface area contributed by atoms with Gasteiger partial charge in [-0.3, -0.25) is 4.79 Å². The van der Waals surface area contributed by atoms with Crippen LogP contribution in [0.25, 0.3) is 0 Å². The molecule has 1 aromatic heterocycles. The molecule has 1 aromatic carbocycles. The number of H-pyrrole nitrogens is 1. The molecule has 0 radical (unpaired) electrons. The second kappa shape index (κ2) is 5.81. The summed E-state index contributed by atoms with van der Waals surface area (Å²) in [6, 6.07) is 6.21. The maximum absolute atomic E-state index is 12.8. The summed E-state index contributed by atoms with van der Waals surface area (Å²) in [4.78, 5) is 19.1. The van der Waals surface area contributed by atoms with Crippen molar-refractivity contribution < 1.29 is 4.39 Å². The summed E-state index contributed by atoms with van der Waals surface area (Å²) in [5.41, 5.74) is 1.61. The molecule has 0 aliphatic carbocycles. The first kappa shape index (κ1) is 14.2. The highest BCUT2D eigenvalue weighted by molar-refractivity contribution is 14.1. The van der Waals surface area contributed by atoms with Gasteiger partial charge in [0.25, 0.3) is 5.56 Å². The van der Waals surface area contributed by atoms with Gasteiger partial charge in [-0.2, -0.15) is 0 Å². The van der Waals surface area contributed by atoms with Crippen molar-refractivity contribution in [3.8, 4) is 0 Å². The molecule has 0 aliphatic rings. The number of nitrogens with one attached hydrogen (secondary N) is 1. The van der Waals surface area contributed by atoms with Crippen LogP contribution in [0.15, 0.2) is 29.1 Å². The van der Waals surface area contributed by atoms with Crippen molar-refractivity contribution in [2.45, 2.75) is 26.2 Å². The summed E-state index contributed by atoms with van der Waals surface area (Å²) in [6.07, 6.45) is 0.492. The van der Waals surface area contributed by atoms with Crippen molar-refractivity contribution in [3.63, 3.8) is 0 Å². The number of hydrogen-bond donors (Lipinski definition) is 1. The third-order valence-corrected chi connectivity index (χ3v) is 3.81. The minimum atomic E-state index is -0.268. The normalized spacial score (nSPS) is 11.0. The summed E-state index contributed by atoms with van der Waals surface area (Å²) >= 11 is 2.02. The maximum Gasteiger partial charge on any atom is 0.264 e. The van der Waals surface area contributed by atoms with Gasteiger partial charge in [0, 0.05) is 6.42 Å². The zero-order valence-electron chi connectivity index (χ0n) is 10.7. The molecule has 1 heterocycles. The Labute approximate surface area is 124 Å². The lowest BCUT2D eigenvalue weighted by Gasteiger charge is -2.09. The standard InChI is InChI=1S/C14H14FIN2O/c1-8(2)13-12(16)14(19)18-11(17-13)7-9-3-5-10(15)6-4-9/h3-6,8H,7H2,1-2H3,(H,17,18,19). The predicted molar refractivity (Wildman–Crippen MR) is 80.9 cm³/mol. The zero-order chi connectivity index (χ0) is 14.0. The monoisotopic (exact) mass is 372 g/mol. The SMILES string of the molecule is CC(C)c1nc(Cc2ccc(F)cc2)[nH]c(=O)c1I. The van der Waals surface area contributed by atoms with Crippen LogP contribution in [-0.2, 0) is 6.42 Å². The number of aromatic nitrogens is 2. The van der Waals surface area contributed by atoms with Crippen LogP contribution in [0.5, 0.6) is 0 Å². The summed E-state index contributed by atoms with van der Waals surface area (Å²) in [6.45, 7) is 4.01. The van der Waals surface area contributed by atoms with Gasteiger partial charge in [0.15, 0.2) is 0 Å². The molecule has 0 atom stereocenters. The Balaban J connectivity index is 2.35. The van der Waals surface area contributed by atoms with E-state index >= 15 is 0 Å². The van der Waals surface area contributed by atoms with Crippen molar-refractivity contribution in [2.24, 2.45) is 0 Å². The van der Waals surface area contributed by atoms with E-state index in [0.717, 1.165) is 11.3 Å². The van der Waals surface area contributed by atoms with Crippen LogP contribution < -0.4 is 5.56 Å². The molecule has 0 saturated carbocycles. The van der Waals surface area contributed by atoms with E-state index in [2.05, 4.69) is 9.97 Å². The van der Waals surface area contributed by atoms with Gasteiger partial charge in [0.2, 0.25) is 0 Å². The molecule has 100 valence electrons. The molecule has 0 bridgehead atoms. The Kier molecular flexibility index (Phi) is 4.34. The number of rotatable bonds is 3. The van der Waals surface area contributed by atoms with Crippen molar-refractivity contribution >= 4 is 22.6 Å². The van der Waals surface area contributed by atoms with Crippen LogP contribution in [0, 0.1) is 9.39 Å². The topological polar surface area (TPSA) is 45.8 Å². The summed E-state index contributed by atoms with van der Waals surface area (Å²) in [7, 11) is 0. The molecule has 0 fully saturated rings. The second-order valence-corrected chi connectivity index (χ2v) is 5.75. The van der Waals surface area contributed by atoms with Crippen LogP contribution in [0.3, 0.4) is 0 Å². The molecule has 19 heavy (non-hydrogen) atoms. The third kappa shape index (κ3) is 3.40. The van der Waals surface area contributed by atoms with Crippen LogP contribution in [0.2, 0.25) is 0 Å². The molecule has 5 heteroatoms. The van der Waals surface area contributed by atoms with Crippen LogP contribution in [0.4, 0.5) is 4.39 Å². The Morgan fingerprint density at radius 3 is 2.53 bits per heavy atom. The van der Waals surface area contributed by atoms with Gasteiger partial charge in [0.05, 0.1) is 9.26 Å². The largest absolute Gasteiger partial charge is 0.309 e. The second-order valence-electron chi connectivity index (χ2n) is 4.67. The molecule has 3 nitrogen and oxygen atoms in total. The van der Waals surface area contributed by atoms with Crippen molar-refractivity contribution in [3.05, 3.63) is 61.1 Å². The predicted octanol–water partition coefficient (Wildman–Crippen LogP) is 3.23. The Morgan fingerprint density at radius 1 is 1.32 bits per heavy atom. The molecule has 0 saturated heterocycles. The fourth-order valence-corrected chi connectivity index (χ4v) is 2.66. The van der Waals surface area contributed by atoms with Gasteiger partial charge in [-0.25, -0.2) is 9.37 Å². The molecule has 2 rings (SSSR count). The van der Waals surface area contributed by atoms with E-state index in [0.29, 0.717) is 15.8 Å². The Bertz CT molecular complexity index is 635. The first-order valence-electron chi connectivity index (χ1n) is 6.00. The highest BCUT2D eigenvalue weighted by Gasteiger charge is 2.12. The highest BCUT2D eigenvalue weighted by atomic mass is 127. The first-order chi connectivity index (χ1) is 8.97. The molecule has 0 aliphatic heterocycles. The average molecular weight is 372 g/mol. The van der Waals surface area contributed by atoms with Crippen molar-refractivity contribution in [2.75, 3.05) is 0 Å². The maximum atomic E-state index is 12.8. The summed E-state index contributed by atoms with van der Waals surface area (Å²) in [5.74, 6) is 0.539. The van der Waals surface area contributed by atoms with E-state index in [-0.39, 0.29) is 17.3 Å².